The van der Waals surface area contributed by atoms with Gasteiger partial charge in [-0.3, -0.25) is 4.79 Å². The van der Waals surface area contributed by atoms with Gasteiger partial charge >= 0.3 is 0 Å². The lowest BCUT2D eigenvalue weighted by atomic mass is 10.0. The van der Waals surface area contributed by atoms with Gasteiger partial charge in [0.1, 0.15) is 11.5 Å². The Kier molecular flexibility index (Phi) is 4.48. The average Bonchev–Trinajstić information content (AvgIpc) is 3.03. The quantitative estimate of drug-likeness (QED) is 0.656. The second-order valence-electron chi connectivity index (χ2n) is 6.22. The van der Waals surface area contributed by atoms with Gasteiger partial charge < -0.3 is 4.74 Å². The minimum Gasteiger partial charge on any atom is -0.457 e. The van der Waals surface area contributed by atoms with E-state index < -0.39 is 0 Å². The Bertz CT molecular complexity index is 955. The van der Waals surface area contributed by atoms with Crippen LogP contribution in [0.5, 0.6) is 11.5 Å². The third-order valence-corrected chi connectivity index (χ3v) is 4.30. The maximum Gasteiger partial charge on any atom is 0.193 e. The van der Waals surface area contributed by atoms with Crippen molar-refractivity contribution in [2.45, 2.75) is 0 Å². The van der Waals surface area contributed by atoms with Gasteiger partial charge in [-0.1, -0.05) is 60.7 Å². The molecule has 2 aromatic carbocycles. The molecular weight excluding hydrogens is 320 g/mol. The van der Waals surface area contributed by atoms with E-state index in [1.165, 1.54) is 0 Å². The van der Waals surface area contributed by atoms with E-state index in [4.69, 9.17) is 4.74 Å². The average molecular weight is 338 g/mol. The van der Waals surface area contributed by atoms with Gasteiger partial charge in [0.2, 0.25) is 0 Å². The number of carbonyl (C=O) groups excluding carboxylic acids is 1. The minimum atomic E-state index is 0.0111. The zero-order valence-electron chi connectivity index (χ0n) is 14.2. The van der Waals surface area contributed by atoms with Crippen LogP contribution in [0, 0.1) is 5.92 Å². The number of carbonyl (C=O) groups is 1. The number of hydrogen-bond acceptors (Lipinski definition) is 2. The number of allylic oxidation sites excluding steroid dienone is 10. The van der Waals surface area contributed by atoms with Gasteiger partial charge in [-0.05, 0) is 48.0 Å². The molecule has 2 bridgehead atoms. The highest BCUT2D eigenvalue weighted by atomic mass is 16.5. The summed E-state index contributed by atoms with van der Waals surface area (Å²) in [5, 5.41) is 0. The lowest BCUT2D eigenvalue weighted by Gasteiger charge is -2.07. The Hall–Kier alpha value is -3.39. The summed E-state index contributed by atoms with van der Waals surface area (Å²) in [5.41, 5.74) is 2.39. The lowest BCUT2D eigenvalue weighted by molar-refractivity contribution is 0.103. The number of ketones is 1. The molecule has 1 unspecified atom stereocenters. The SMILES string of the molecule is O=C(C1=CC2=CC(C=CC=C2)C=C1)c1ccc(Oc2ccccc2)cc1. The van der Waals surface area contributed by atoms with Crippen LogP contribution in [0.15, 0.2) is 114 Å². The number of rotatable bonds is 4. The molecule has 2 aromatic rings. The first-order valence-corrected chi connectivity index (χ1v) is 8.62. The van der Waals surface area contributed by atoms with Crippen LogP contribution in [0.4, 0.5) is 0 Å². The maximum atomic E-state index is 12.9. The molecule has 0 fully saturated rings. The molecule has 0 aromatic heterocycles. The summed E-state index contributed by atoms with van der Waals surface area (Å²) in [5.74, 6) is 1.72. The summed E-state index contributed by atoms with van der Waals surface area (Å²) in [6.45, 7) is 0. The van der Waals surface area contributed by atoms with Gasteiger partial charge in [-0.15, -0.1) is 0 Å². The van der Waals surface area contributed by atoms with Gasteiger partial charge in [-0.2, -0.15) is 0 Å². The minimum absolute atomic E-state index is 0.0111. The van der Waals surface area contributed by atoms with Crippen molar-refractivity contribution in [3.05, 3.63) is 120 Å². The van der Waals surface area contributed by atoms with Gasteiger partial charge in [0.15, 0.2) is 5.78 Å². The molecule has 126 valence electrons. The third-order valence-electron chi connectivity index (χ3n) is 4.30. The number of para-hydroxylation sites is 1. The van der Waals surface area contributed by atoms with Crippen molar-refractivity contribution < 1.29 is 9.53 Å². The predicted molar refractivity (Wildman–Crippen MR) is 104 cm³/mol. The largest absolute Gasteiger partial charge is 0.457 e. The van der Waals surface area contributed by atoms with Crippen LogP contribution < -0.4 is 4.74 Å². The summed E-state index contributed by atoms with van der Waals surface area (Å²) >= 11 is 0. The number of benzene rings is 2. The van der Waals surface area contributed by atoms with Gasteiger partial charge in [0.25, 0.3) is 0 Å². The van der Waals surface area contributed by atoms with Crippen LogP contribution >= 0.6 is 0 Å². The first-order chi connectivity index (χ1) is 12.8. The molecule has 2 heteroatoms. The Balaban J connectivity index is 1.53. The molecule has 2 aliphatic rings. The van der Waals surface area contributed by atoms with Crippen LogP contribution in [0.1, 0.15) is 10.4 Å². The molecule has 0 saturated heterocycles. The van der Waals surface area contributed by atoms with Crippen LogP contribution in [0.3, 0.4) is 0 Å². The highest BCUT2D eigenvalue weighted by Crippen LogP contribution is 2.25. The van der Waals surface area contributed by atoms with E-state index in [0.29, 0.717) is 16.9 Å². The fraction of sp³-hybridized carbons (Fsp3) is 0.0417. The molecule has 0 N–H and O–H groups in total. The fourth-order valence-corrected chi connectivity index (χ4v) is 2.96. The normalized spacial score (nSPS) is 17.8. The molecule has 4 rings (SSSR count). The highest BCUT2D eigenvalue weighted by Gasteiger charge is 2.14. The smallest absolute Gasteiger partial charge is 0.193 e. The van der Waals surface area contributed by atoms with E-state index in [-0.39, 0.29) is 11.7 Å². The molecule has 0 heterocycles. The predicted octanol–water partition coefficient (Wildman–Crippen LogP) is 5.83. The molecular formula is C24H18O2. The number of fused-ring (bicyclic) bond motifs is 1. The van der Waals surface area contributed by atoms with Crippen molar-refractivity contribution in [3.63, 3.8) is 0 Å². The number of hydrogen-bond donors (Lipinski definition) is 0. The van der Waals surface area contributed by atoms with Gasteiger partial charge in [0, 0.05) is 17.1 Å². The van der Waals surface area contributed by atoms with Crippen molar-refractivity contribution in [1.29, 1.82) is 0 Å². The zero-order chi connectivity index (χ0) is 17.8. The van der Waals surface area contributed by atoms with E-state index >= 15 is 0 Å². The Morgan fingerprint density at radius 1 is 0.808 bits per heavy atom. The molecule has 0 spiro atoms. The lowest BCUT2D eigenvalue weighted by Crippen LogP contribution is -2.02. The maximum absolute atomic E-state index is 12.9. The Morgan fingerprint density at radius 3 is 2.38 bits per heavy atom. The molecule has 1 atom stereocenters. The molecule has 2 nitrogen and oxygen atoms in total. The summed E-state index contributed by atoms with van der Waals surface area (Å²) in [7, 11) is 0. The van der Waals surface area contributed by atoms with E-state index in [1.807, 2.05) is 91.1 Å². The molecule has 0 radical (unpaired) electrons. The van der Waals surface area contributed by atoms with Crippen molar-refractivity contribution in [2.75, 3.05) is 0 Å². The van der Waals surface area contributed by atoms with Crippen LogP contribution in [0.25, 0.3) is 0 Å². The summed E-state index contributed by atoms with van der Waals surface area (Å²) < 4.78 is 5.78. The van der Waals surface area contributed by atoms with Crippen LogP contribution in [-0.4, -0.2) is 5.78 Å². The summed E-state index contributed by atoms with van der Waals surface area (Å²) in [6.07, 6.45) is 16.2. The second kappa shape index (κ2) is 7.24. The second-order valence-corrected chi connectivity index (χ2v) is 6.22. The first kappa shape index (κ1) is 16.1. The van der Waals surface area contributed by atoms with Crippen LogP contribution in [0.2, 0.25) is 0 Å². The molecule has 26 heavy (non-hydrogen) atoms. The highest BCUT2D eigenvalue weighted by molar-refractivity contribution is 6.11. The standard InChI is InChI=1S/C24H18O2/c25-24(21-11-10-18-6-4-5-7-19(16-18)17-21)20-12-14-23(15-13-20)26-22-8-2-1-3-9-22/h1-18H. The van der Waals surface area contributed by atoms with Crippen molar-refractivity contribution in [3.8, 4) is 11.5 Å². The molecule has 2 aliphatic carbocycles. The van der Waals surface area contributed by atoms with Crippen molar-refractivity contribution in [2.24, 2.45) is 5.92 Å². The van der Waals surface area contributed by atoms with Crippen molar-refractivity contribution in [1.82, 2.24) is 0 Å². The topological polar surface area (TPSA) is 26.3 Å². The Morgan fingerprint density at radius 2 is 1.58 bits per heavy atom. The van der Waals surface area contributed by atoms with E-state index in [0.717, 1.165) is 11.3 Å². The fourth-order valence-electron chi connectivity index (χ4n) is 2.96. The number of Topliss-reactive ketones (excluding diaryl/α,β-unsaturated/α-hetero) is 1. The van der Waals surface area contributed by atoms with Crippen molar-refractivity contribution >= 4 is 5.78 Å². The molecule has 0 saturated carbocycles. The zero-order valence-corrected chi connectivity index (χ0v) is 14.2. The van der Waals surface area contributed by atoms with Crippen LogP contribution in [-0.2, 0) is 0 Å². The number of ether oxygens (including phenoxy) is 1. The van der Waals surface area contributed by atoms with Gasteiger partial charge in [0.05, 0.1) is 0 Å². The first-order valence-electron chi connectivity index (χ1n) is 8.62. The monoisotopic (exact) mass is 338 g/mol. The molecule has 0 amide bonds. The Labute approximate surface area is 153 Å². The van der Waals surface area contributed by atoms with Gasteiger partial charge in [-0.25, -0.2) is 0 Å². The summed E-state index contributed by atoms with van der Waals surface area (Å²) in [4.78, 5) is 12.9. The summed E-state index contributed by atoms with van der Waals surface area (Å²) in [6, 6.07) is 16.9. The van der Waals surface area contributed by atoms with E-state index in [2.05, 4.69) is 12.2 Å². The van der Waals surface area contributed by atoms with E-state index in [1.54, 1.807) is 0 Å². The third kappa shape index (κ3) is 3.65. The van der Waals surface area contributed by atoms with E-state index in [9.17, 15) is 4.79 Å². The molecule has 0 aliphatic heterocycles.